The minimum absolute atomic E-state index is 0.0568. The Balaban J connectivity index is 2.24. The van der Waals surface area contributed by atoms with Crippen LogP contribution >= 0.6 is 0 Å². The van der Waals surface area contributed by atoms with E-state index in [4.69, 9.17) is 0 Å². The van der Waals surface area contributed by atoms with Gasteiger partial charge in [-0.2, -0.15) is 0 Å². The largest absolute Gasteiger partial charge is 0.292 e. The van der Waals surface area contributed by atoms with E-state index in [1.165, 1.54) is 0 Å². The van der Waals surface area contributed by atoms with Crippen LogP contribution in [0.4, 0.5) is 0 Å². The topological polar surface area (TPSA) is 30.0 Å². The van der Waals surface area contributed by atoms with Crippen molar-refractivity contribution in [1.29, 1.82) is 0 Å². The predicted octanol–water partition coefficient (Wildman–Crippen LogP) is 4.39. The van der Waals surface area contributed by atoms with Crippen LogP contribution in [-0.4, -0.2) is 10.8 Å². The van der Waals surface area contributed by atoms with Crippen molar-refractivity contribution >= 4 is 11.4 Å². The van der Waals surface area contributed by atoms with E-state index in [0.717, 1.165) is 11.1 Å². The molecule has 0 spiro atoms. The zero-order valence-corrected chi connectivity index (χ0v) is 11.9. The van der Waals surface area contributed by atoms with Gasteiger partial charge in [-0.3, -0.25) is 9.78 Å². The molecule has 2 aromatic rings. The average Bonchev–Trinajstić information content (AvgIpc) is 2.48. The fraction of sp³-hybridized carbons (Fsp3) is 0.222. The molecule has 0 saturated heterocycles. The lowest BCUT2D eigenvalue weighted by molar-refractivity contribution is 0.0993. The van der Waals surface area contributed by atoms with Crippen LogP contribution in [0, 0.1) is 5.92 Å². The molecule has 2 rings (SSSR count). The molecule has 20 heavy (non-hydrogen) atoms. The fourth-order valence-corrected chi connectivity index (χ4v) is 2.10. The van der Waals surface area contributed by atoms with E-state index in [2.05, 4.69) is 24.9 Å². The number of aromatic nitrogens is 1. The summed E-state index contributed by atoms with van der Waals surface area (Å²) in [5, 5.41) is 0. The minimum atomic E-state index is 0.0568. The summed E-state index contributed by atoms with van der Waals surface area (Å²) in [5.41, 5.74) is 2.69. The Labute approximate surface area is 120 Å². The second-order valence-corrected chi connectivity index (χ2v) is 5.12. The van der Waals surface area contributed by atoms with Crippen LogP contribution in [0.3, 0.4) is 0 Å². The molecule has 0 aliphatic rings. The molecule has 0 radical (unpaired) electrons. The molecule has 2 heteroatoms. The first kappa shape index (κ1) is 14.2. The Morgan fingerprint density at radius 3 is 2.40 bits per heavy atom. The van der Waals surface area contributed by atoms with Gasteiger partial charge in [-0.25, -0.2) is 0 Å². The van der Waals surface area contributed by atoms with Crippen molar-refractivity contribution in [3.8, 4) is 0 Å². The summed E-state index contributed by atoms with van der Waals surface area (Å²) >= 11 is 0. The van der Waals surface area contributed by atoms with Crippen LogP contribution in [0.1, 0.15) is 36.3 Å². The van der Waals surface area contributed by atoms with Crippen molar-refractivity contribution in [1.82, 2.24) is 4.98 Å². The van der Waals surface area contributed by atoms with Crippen LogP contribution in [-0.2, 0) is 0 Å². The van der Waals surface area contributed by atoms with Gasteiger partial charge in [-0.1, -0.05) is 56.3 Å². The lowest BCUT2D eigenvalue weighted by Crippen LogP contribution is -2.03. The summed E-state index contributed by atoms with van der Waals surface area (Å²) in [7, 11) is 0. The maximum Gasteiger partial charge on any atom is 0.185 e. The van der Waals surface area contributed by atoms with Gasteiger partial charge < -0.3 is 0 Å². The molecule has 1 aromatic carbocycles. The zero-order valence-electron chi connectivity index (χ0n) is 11.9. The van der Waals surface area contributed by atoms with Crippen LogP contribution in [0.25, 0.3) is 5.57 Å². The van der Waals surface area contributed by atoms with Gasteiger partial charge in [-0.05, 0) is 29.2 Å². The molecular weight excluding hydrogens is 246 g/mol. The van der Waals surface area contributed by atoms with Gasteiger partial charge in [0.05, 0.1) is 0 Å². The molecule has 2 nitrogen and oxygen atoms in total. The highest BCUT2D eigenvalue weighted by Gasteiger charge is 2.11. The highest BCUT2D eigenvalue weighted by Crippen LogP contribution is 2.22. The third-order valence-corrected chi connectivity index (χ3v) is 2.98. The Kier molecular flexibility index (Phi) is 4.83. The number of hydrogen-bond acceptors (Lipinski definition) is 2. The SMILES string of the molecule is CC(C)C=C(CC(=O)c1ccccn1)c1ccccc1. The first-order valence-electron chi connectivity index (χ1n) is 6.87. The van der Waals surface area contributed by atoms with Gasteiger partial charge in [0.25, 0.3) is 0 Å². The van der Waals surface area contributed by atoms with Gasteiger partial charge in [0.2, 0.25) is 0 Å². The molecule has 1 aromatic heterocycles. The Hall–Kier alpha value is -2.22. The van der Waals surface area contributed by atoms with Crippen LogP contribution in [0.15, 0.2) is 60.8 Å². The molecule has 0 saturated carbocycles. The lowest BCUT2D eigenvalue weighted by atomic mass is 9.96. The van der Waals surface area contributed by atoms with Crippen LogP contribution in [0.5, 0.6) is 0 Å². The summed E-state index contributed by atoms with van der Waals surface area (Å²) in [4.78, 5) is 16.4. The first-order valence-corrected chi connectivity index (χ1v) is 6.87. The predicted molar refractivity (Wildman–Crippen MR) is 82.4 cm³/mol. The Morgan fingerprint density at radius 2 is 1.80 bits per heavy atom. The number of allylic oxidation sites excluding steroid dienone is 2. The van der Waals surface area contributed by atoms with E-state index in [-0.39, 0.29) is 5.78 Å². The quantitative estimate of drug-likeness (QED) is 0.750. The molecule has 0 unspecified atom stereocenters. The van der Waals surface area contributed by atoms with Crippen molar-refractivity contribution in [3.63, 3.8) is 0 Å². The summed E-state index contributed by atoms with van der Waals surface area (Å²) in [5.74, 6) is 0.461. The van der Waals surface area contributed by atoms with Crippen molar-refractivity contribution in [2.24, 2.45) is 5.92 Å². The van der Waals surface area contributed by atoms with Crippen LogP contribution in [0.2, 0.25) is 0 Å². The normalized spacial score (nSPS) is 11.7. The lowest BCUT2D eigenvalue weighted by Gasteiger charge is -2.09. The van der Waals surface area contributed by atoms with Gasteiger partial charge in [0.15, 0.2) is 5.78 Å². The number of nitrogens with zero attached hydrogens (tertiary/aromatic N) is 1. The van der Waals surface area contributed by atoms with E-state index in [1.807, 2.05) is 42.5 Å². The van der Waals surface area contributed by atoms with Gasteiger partial charge in [-0.15, -0.1) is 0 Å². The minimum Gasteiger partial charge on any atom is -0.292 e. The van der Waals surface area contributed by atoms with Crippen molar-refractivity contribution in [3.05, 3.63) is 72.1 Å². The van der Waals surface area contributed by atoms with E-state index in [1.54, 1.807) is 12.3 Å². The number of rotatable bonds is 5. The summed E-state index contributed by atoms with van der Waals surface area (Å²) < 4.78 is 0. The molecule has 0 fully saturated rings. The zero-order chi connectivity index (χ0) is 14.4. The molecule has 1 heterocycles. The molecule has 0 N–H and O–H groups in total. The maximum absolute atomic E-state index is 12.3. The fourth-order valence-electron chi connectivity index (χ4n) is 2.10. The van der Waals surface area contributed by atoms with Gasteiger partial charge >= 0.3 is 0 Å². The van der Waals surface area contributed by atoms with E-state index in [0.29, 0.717) is 18.0 Å². The average molecular weight is 265 g/mol. The van der Waals surface area contributed by atoms with Crippen molar-refractivity contribution < 1.29 is 4.79 Å². The standard InChI is InChI=1S/C18H19NO/c1-14(2)12-16(15-8-4-3-5-9-15)13-18(20)17-10-6-7-11-19-17/h3-12,14H,13H2,1-2H3. The van der Waals surface area contributed by atoms with Gasteiger partial charge in [0, 0.05) is 12.6 Å². The number of carbonyl (C=O) groups excluding carboxylic acids is 1. The molecule has 0 aliphatic carbocycles. The molecule has 0 aliphatic heterocycles. The van der Waals surface area contributed by atoms with Crippen molar-refractivity contribution in [2.75, 3.05) is 0 Å². The van der Waals surface area contributed by atoms with Crippen molar-refractivity contribution in [2.45, 2.75) is 20.3 Å². The number of pyridine rings is 1. The highest BCUT2D eigenvalue weighted by atomic mass is 16.1. The third kappa shape index (κ3) is 3.89. The number of ketones is 1. The van der Waals surface area contributed by atoms with E-state index >= 15 is 0 Å². The summed E-state index contributed by atoms with van der Waals surface area (Å²) in [6.45, 7) is 4.24. The van der Waals surface area contributed by atoms with E-state index < -0.39 is 0 Å². The Bertz CT molecular complexity index is 585. The van der Waals surface area contributed by atoms with Crippen LogP contribution < -0.4 is 0 Å². The first-order chi connectivity index (χ1) is 9.66. The third-order valence-electron chi connectivity index (χ3n) is 2.98. The highest BCUT2D eigenvalue weighted by molar-refractivity contribution is 6.00. The second kappa shape index (κ2) is 6.80. The molecule has 0 bridgehead atoms. The number of carbonyl (C=O) groups is 1. The smallest absolute Gasteiger partial charge is 0.185 e. The number of Topliss-reactive ketones (excluding diaryl/α,β-unsaturated/α-hetero) is 1. The number of benzene rings is 1. The molecule has 0 atom stereocenters. The maximum atomic E-state index is 12.3. The molecule has 102 valence electrons. The summed E-state index contributed by atoms with van der Waals surface area (Å²) in [6.07, 6.45) is 4.19. The number of hydrogen-bond donors (Lipinski definition) is 0. The van der Waals surface area contributed by atoms with E-state index in [9.17, 15) is 4.79 Å². The monoisotopic (exact) mass is 265 g/mol. The Morgan fingerprint density at radius 1 is 1.10 bits per heavy atom. The van der Waals surface area contributed by atoms with Gasteiger partial charge in [0.1, 0.15) is 5.69 Å². The molecular formula is C18H19NO. The second-order valence-electron chi connectivity index (χ2n) is 5.12. The summed E-state index contributed by atoms with van der Waals surface area (Å²) in [6, 6.07) is 15.5. The molecule has 0 amide bonds.